The molecule has 1 aliphatic rings. The zero-order valence-electron chi connectivity index (χ0n) is 11.2. The van der Waals surface area contributed by atoms with Crippen LogP contribution in [0.2, 0.25) is 5.02 Å². The third-order valence-corrected chi connectivity index (χ3v) is 3.83. The second kappa shape index (κ2) is 6.09. The standard InChI is InChI=1S/C13H15ClF3N3O/c14-10-6-9(13(15,16)17)7-19-12(10)20-3-1-8(2-4-20)5-11(18)21/h6-8H,1-5H2,(H2,18,21). The number of rotatable bonds is 3. The van der Waals surface area contributed by atoms with Gasteiger partial charge in [0.25, 0.3) is 0 Å². The Bertz CT molecular complexity index is 528. The number of nitrogens with two attached hydrogens (primary N) is 1. The van der Waals surface area contributed by atoms with Gasteiger partial charge in [0, 0.05) is 25.7 Å². The van der Waals surface area contributed by atoms with E-state index in [9.17, 15) is 18.0 Å². The van der Waals surface area contributed by atoms with Crippen molar-refractivity contribution in [2.75, 3.05) is 18.0 Å². The SMILES string of the molecule is NC(=O)CC1CCN(c2ncc(C(F)(F)F)cc2Cl)CC1. The molecule has 0 spiro atoms. The van der Waals surface area contributed by atoms with Crippen LogP contribution >= 0.6 is 11.6 Å². The van der Waals surface area contributed by atoms with Gasteiger partial charge in [-0.2, -0.15) is 13.2 Å². The van der Waals surface area contributed by atoms with Gasteiger partial charge >= 0.3 is 6.18 Å². The van der Waals surface area contributed by atoms with Crippen LogP contribution in [0.1, 0.15) is 24.8 Å². The predicted octanol–water partition coefficient (Wildman–Crippen LogP) is 2.85. The molecule has 1 amide bonds. The van der Waals surface area contributed by atoms with Crippen molar-refractivity contribution in [1.82, 2.24) is 4.98 Å². The van der Waals surface area contributed by atoms with Crippen LogP contribution in [0.25, 0.3) is 0 Å². The lowest BCUT2D eigenvalue weighted by atomic mass is 9.93. The van der Waals surface area contributed by atoms with Crippen molar-refractivity contribution in [3.05, 3.63) is 22.8 Å². The van der Waals surface area contributed by atoms with Gasteiger partial charge in [-0.3, -0.25) is 4.79 Å². The number of primary amides is 1. The van der Waals surface area contributed by atoms with E-state index in [0.717, 1.165) is 25.1 Å². The number of pyridine rings is 1. The third kappa shape index (κ3) is 4.00. The summed E-state index contributed by atoms with van der Waals surface area (Å²) in [6.07, 6.45) is -1.85. The molecule has 116 valence electrons. The molecule has 2 heterocycles. The van der Waals surface area contributed by atoms with Gasteiger partial charge in [0.1, 0.15) is 5.82 Å². The number of hydrogen-bond donors (Lipinski definition) is 1. The van der Waals surface area contributed by atoms with Gasteiger partial charge in [-0.25, -0.2) is 4.98 Å². The number of hydrogen-bond acceptors (Lipinski definition) is 3. The summed E-state index contributed by atoms with van der Waals surface area (Å²) in [6.45, 7) is 1.19. The maximum atomic E-state index is 12.6. The summed E-state index contributed by atoms with van der Waals surface area (Å²) < 4.78 is 37.7. The average Bonchev–Trinajstić information content (AvgIpc) is 2.38. The molecule has 1 saturated heterocycles. The fraction of sp³-hybridized carbons (Fsp3) is 0.538. The number of nitrogens with zero attached hydrogens (tertiary/aromatic N) is 2. The molecule has 4 nitrogen and oxygen atoms in total. The van der Waals surface area contributed by atoms with Crippen molar-refractivity contribution in [2.24, 2.45) is 11.7 Å². The van der Waals surface area contributed by atoms with E-state index in [2.05, 4.69) is 4.98 Å². The van der Waals surface area contributed by atoms with Gasteiger partial charge in [-0.05, 0) is 24.8 Å². The van der Waals surface area contributed by atoms with E-state index in [0.29, 0.717) is 25.3 Å². The molecule has 0 aromatic carbocycles. The number of alkyl halides is 3. The molecule has 8 heteroatoms. The monoisotopic (exact) mass is 321 g/mol. The Kier molecular flexibility index (Phi) is 4.61. The highest BCUT2D eigenvalue weighted by molar-refractivity contribution is 6.33. The van der Waals surface area contributed by atoms with Crippen LogP contribution in [0, 0.1) is 5.92 Å². The molecular weight excluding hydrogens is 307 g/mol. The van der Waals surface area contributed by atoms with Gasteiger partial charge in [0.15, 0.2) is 0 Å². The first-order chi connectivity index (χ1) is 9.77. The Morgan fingerprint density at radius 2 is 2.05 bits per heavy atom. The van der Waals surface area contributed by atoms with E-state index in [1.54, 1.807) is 0 Å². The predicted molar refractivity (Wildman–Crippen MR) is 73.0 cm³/mol. The molecule has 1 aromatic heterocycles. The van der Waals surface area contributed by atoms with Gasteiger partial charge in [0.2, 0.25) is 5.91 Å². The number of carbonyl (C=O) groups is 1. The summed E-state index contributed by atoms with van der Waals surface area (Å²) in [5.41, 5.74) is 4.30. The quantitative estimate of drug-likeness (QED) is 0.931. The van der Waals surface area contributed by atoms with Crippen LogP contribution in [-0.4, -0.2) is 24.0 Å². The molecule has 1 fully saturated rings. The van der Waals surface area contributed by atoms with E-state index in [1.165, 1.54) is 0 Å². The number of piperidine rings is 1. The number of amides is 1. The Labute approximate surface area is 125 Å². The lowest BCUT2D eigenvalue weighted by Crippen LogP contribution is -2.35. The Morgan fingerprint density at radius 3 is 2.52 bits per heavy atom. The molecule has 0 atom stereocenters. The molecule has 1 aromatic rings. The topological polar surface area (TPSA) is 59.2 Å². The molecule has 0 bridgehead atoms. The smallest absolute Gasteiger partial charge is 0.370 e. The summed E-state index contributed by atoms with van der Waals surface area (Å²) in [4.78, 5) is 16.5. The first kappa shape index (κ1) is 15.9. The van der Waals surface area contributed by atoms with Crippen LogP contribution in [0.3, 0.4) is 0 Å². The average molecular weight is 322 g/mol. The van der Waals surface area contributed by atoms with Crippen LogP contribution in [0.4, 0.5) is 19.0 Å². The molecule has 1 aliphatic heterocycles. The second-order valence-electron chi connectivity index (χ2n) is 5.13. The second-order valence-corrected chi connectivity index (χ2v) is 5.54. The van der Waals surface area contributed by atoms with Crippen LogP contribution in [-0.2, 0) is 11.0 Å². The molecule has 2 N–H and O–H groups in total. The number of halogens is 4. The van der Waals surface area contributed by atoms with Crippen LogP contribution in [0.15, 0.2) is 12.3 Å². The Balaban J connectivity index is 2.05. The van der Waals surface area contributed by atoms with Crippen LogP contribution in [0.5, 0.6) is 0 Å². The minimum atomic E-state index is -4.45. The van der Waals surface area contributed by atoms with Gasteiger partial charge in [-0.1, -0.05) is 11.6 Å². The van der Waals surface area contributed by atoms with Crippen molar-refractivity contribution in [3.8, 4) is 0 Å². The van der Waals surface area contributed by atoms with Crippen molar-refractivity contribution in [3.63, 3.8) is 0 Å². The van der Waals surface area contributed by atoms with Gasteiger partial charge < -0.3 is 10.6 Å². The lowest BCUT2D eigenvalue weighted by molar-refractivity contribution is -0.137. The third-order valence-electron chi connectivity index (χ3n) is 3.55. The minimum absolute atomic E-state index is 0.0156. The minimum Gasteiger partial charge on any atom is -0.370 e. The van der Waals surface area contributed by atoms with E-state index in [1.807, 2.05) is 4.90 Å². The van der Waals surface area contributed by atoms with E-state index in [4.69, 9.17) is 17.3 Å². The van der Waals surface area contributed by atoms with Gasteiger partial charge in [0.05, 0.1) is 10.6 Å². The maximum absolute atomic E-state index is 12.6. The van der Waals surface area contributed by atoms with Crippen molar-refractivity contribution in [2.45, 2.75) is 25.4 Å². The van der Waals surface area contributed by atoms with E-state index < -0.39 is 11.7 Å². The molecule has 0 saturated carbocycles. The van der Waals surface area contributed by atoms with E-state index >= 15 is 0 Å². The highest BCUT2D eigenvalue weighted by atomic mass is 35.5. The summed E-state index contributed by atoms with van der Waals surface area (Å²) in [5.74, 6) is 0.230. The highest BCUT2D eigenvalue weighted by Gasteiger charge is 2.32. The Hall–Kier alpha value is -1.50. The number of aromatic nitrogens is 1. The zero-order valence-corrected chi connectivity index (χ0v) is 11.9. The molecule has 0 radical (unpaired) electrons. The summed E-state index contributed by atoms with van der Waals surface area (Å²) in [5, 5.41) is -0.0156. The fourth-order valence-corrected chi connectivity index (χ4v) is 2.74. The number of carbonyl (C=O) groups excluding carboxylic acids is 1. The zero-order chi connectivity index (χ0) is 15.6. The van der Waals surface area contributed by atoms with Crippen LogP contribution < -0.4 is 10.6 Å². The molecule has 0 aliphatic carbocycles. The molecular formula is C13H15ClF3N3O. The maximum Gasteiger partial charge on any atom is 0.417 e. The molecule has 0 unspecified atom stereocenters. The highest BCUT2D eigenvalue weighted by Crippen LogP contribution is 2.34. The summed E-state index contributed by atoms with van der Waals surface area (Å²) in [7, 11) is 0. The van der Waals surface area contributed by atoms with Crippen molar-refractivity contribution < 1.29 is 18.0 Å². The van der Waals surface area contributed by atoms with Crippen molar-refractivity contribution in [1.29, 1.82) is 0 Å². The first-order valence-corrected chi connectivity index (χ1v) is 6.91. The fourth-order valence-electron chi connectivity index (χ4n) is 2.45. The lowest BCUT2D eigenvalue weighted by Gasteiger charge is -2.32. The van der Waals surface area contributed by atoms with E-state index in [-0.39, 0.29) is 16.8 Å². The largest absolute Gasteiger partial charge is 0.417 e. The van der Waals surface area contributed by atoms with Crippen molar-refractivity contribution >= 4 is 23.3 Å². The summed E-state index contributed by atoms with van der Waals surface area (Å²) >= 11 is 5.91. The molecule has 21 heavy (non-hydrogen) atoms. The number of anilines is 1. The normalized spacial score (nSPS) is 17.0. The Morgan fingerprint density at radius 1 is 1.43 bits per heavy atom. The summed E-state index contributed by atoms with van der Waals surface area (Å²) in [6, 6.07) is 0.888. The first-order valence-electron chi connectivity index (χ1n) is 6.53. The molecule has 2 rings (SSSR count). The van der Waals surface area contributed by atoms with Gasteiger partial charge in [-0.15, -0.1) is 0 Å².